The number of benzene rings is 3. The molecule has 0 fully saturated rings. The highest BCUT2D eigenvalue weighted by Crippen LogP contribution is 2.29. The summed E-state index contributed by atoms with van der Waals surface area (Å²) in [5, 5.41) is 6.41. The van der Waals surface area contributed by atoms with Crippen molar-refractivity contribution in [2.24, 2.45) is 0 Å². The first-order valence-corrected chi connectivity index (χ1v) is 12.8. The molecule has 0 heterocycles. The van der Waals surface area contributed by atoms with Crippen molar-refractivity contribution >= 4 is 56.3 Å². The molecular weight excluding hydrogens is 663 g/mol. The number of hydrogen-bond acceptors (Lipinski definition) is 10. The molecule has 3 rings (SSSR count). The van der Waals surface area contributed by atoms with Gasteiger partial charge in [0.25, 0.3) is 5.69 Å². The van der Waals surface area contributed by atoms with Gasteiger partial charge in [0.15, 0.2) is 6.61 Å². The van der Waals surface area contributed by atoms with Crippen molar-refractivity contribution in [3.8, 4) is 11.5 Å². The highest BCUT2D eigenvalue weighted by Gasteiger charge is 2.46. The summed E-state index contributed by atoms with van der Waals surface area (Å²) in [7, 11) is -5.95. The highest BCUT2D eigenvalue weighted by molar-refractivity contribution is 14.1. The summed E-state index contributed by atoms with van der Waals surface area (Å²) in [6.45, 7) is -2.15. The van der Waals surface area contributed by atoms with Crippen molar-refractivity contribution in [2.75, 3.05) is 6.61 Å². The zero-order valence-electron chi connectivity index (χ0n) is 19.1. The molecule has 0 aliphatic heterocycles. The Morgan fingerprint density at radius 3 is 2.21 bits per heavy atom. The van der Waals surface area contributed by atoms with Gasteiger partial charge in [-0.05, 0) is 59.0 Å². The second-order valence-electron chi connectivity index (χ2n) is 7.41. The van der Waals surface area contributed by atoms with Crippen molar-refractivity contribution in [3.05, 3.63) is 97.1 Å². The quantitative estimate of drug-likeness (QED) is 0.0855. The molecule has 0 saturated carbocycles. The molecule has 0 aliphatic rings. The maximum atomic E-state index is 13.4. The minimum absolute atomic E-state index is 0.185. The van der Waals surface area contributed by atoms with E-state index >= 15 is 0 Å². The largest absolute Gasteiger partial charge is 0.454 e. The third-order valence-corrected chi connectivity index (χ3v) is 6.26. The molecule has 1 N–H and O–H groups in total. The van der Waals surface area contributed by atoms with Gasteiger partial charge in [-0.25, -0.2) is 14.4 Å². The van der Waals surface area contributed by atoms with Gasteiger partial charge in [0.1, 0.15) is 22.6 Å². The van der Waals surface area contributed by atoms with Crippen LogP contribution in [0, 0.1) is 13.7 Å². The zero-order valence-corrected chi connectivity index (χ0v) is 22.1. The van der Waals surface area contributed by atoms with E-state index in [1.54, 1.807) is 18.2 Å². The molecule has 3 aromatic rings. The Kier molecular flexibility index (Phi) is 8.92. The van der Waals surface area contributed by atoms with Crippen LogP contribution in [0.25, 0.3) is 0 Å². The number of rotatable bonds is 9. The van der Waals surface area contributed by atoms with Crippen LogP contribution in [0.3, 0.4) is 0 Å². The van der Waals surface area contributed by atoms with Crippen LogP contribution in [0.5, 0.6) is 11.5 Å². The van der Waals surface area contributed by atoms with Gasteiger partial charge in [0.2, 0.25) is 0 Å². The van der Waals surface area contributed by atoms with Gasteiger partial charge in [-0.15, -0.1) is 0 Å². The summed E-state index contributed by atoms with van der Waals surface area (Å²) in [4.78, 5) is 47.8. The number of ether oxygens (including phenoxy) is 3. The Balaban J connectivity index is 1.87. The van der Waals surface area contributed by atoms with E-state index in [9.17, 15) is 41.7 Å². The molecule has 3 aromatic carbocycles. The molecule has 12 nitrogen and oxygen atoms in total. The molecule has 16 heteroatoms. The molecule has 0 aliphatic carbocycles. The molecule has 0 amide bonds. The third kappa shape index (κ3) is 7.30. The molecule has 0 radical (unpaired) electrons. The Hall–Kier alpha value is -4.03. The standard InChI is InChI=1S/C23H14F2INO11S/c24-23(25,39(33,34)35)12-36-21(29)17-11-15(7-9-18(17)27(31)32)37-22(30)16-8-6-14(26)10-19(16)38-20(28)13-4-2-1-3-5-13/h1-11H,12H2,(H,33,34,35). The van der Waals surface area contributed by atoms with E-state index in [0.29, 0.717) is 15.7 Å². The van der Waals surface area contributed by atoms with Crippen molar-refractivity contribution in [3.63, 3.8) is 0 Å². The molecule has 0 unspecified atom stereocenters. The lowest BCUT2D eigenvalue weighted by Gasteiger charge is -2.13. The van der Waals surface area contributed by atoms with Gasteiger partial charge in [0.05, 0.1) is 10.5 Å². The van der Waals surface area contributed by atoms with Crippen LogP contribution in [-0.2, 0) is 14.9 Å². The lowest BCUT2D eigenvalue weighted by molar-refractivity contribution is -0.385. The first-order chi connectivity index (χ1) is 18.2. The van der Waals surface area contributed by atoms with Crippen LogP contribution in [0.1, 0.15) is 31.1 Å². The summed E-state index contributed by atoms with van der Waals surface area (Å²) in [5.74, 6) is -4.33. The van der Waals surface area contributed by atoms with Gasteiger partial charge in [-0.1, -0.05) is 18.2 Å². The maximum Gasteiger partial charge on any atom is 0.402 e. The molecule has 0 saturated heterocycles. The molecule has 0 spiro atoms. The van der Waals surface area contributed by atoms with E-state index in [2.05, 4.69) is 4.74 Å². The Bertz CT molecular complexity index is 1560. The Morgan fingerprint density at radius 1 is 0.923 bits per heavy atom. The van der Waals surface area contributed by atoms with E-state index in [0.717, 1.165) is 6.07 Å². The minimum Gasteiger partial charge on any atom is -0.454 e. The van der Waals surface area contributed by atoms with E-state index in [1.165, 1.54) is 30.3 Å². The third-order valence-electron chi connectivity index (χ3n) is 4.72. The average Bonchev–Trinajstić information content (AvgIpc) is 2.87. The fraction of sp³-hybridized carbons (Fsp3) is 0.0870. The van der Waals surface area contributed by atoms with Crippen molar-refractivity contribution in [1.29, 1.82) is 0 Å². The smallest absolute Gasteiger partial charge is 0.402 e. The first kappa shape index (κ1) is 29.5. The summed E-state index contributed by atoms with van der Waals surface area (Å²) < 4.78 is 71.9. The van der Waals surface area contributed by atoms with Crippen LogP contribution in [0.15, 0.2) is 66.7 Å². The number of nitrogens with zero attached hydrogens (tertiary/aromatic N) is 1. The first-order valence-electron chi connectivity index (χ1n) is 10.3. The summed E-state index contributed by atoms with van der Waals surface area (Å²) in [6.07, 6.45) is 0. The number of esters is 3. The Labute approximate surface area is 231 Å². The van der Waals surface area contributed by atoms with Crippen molar-refractivity contribution < 1.29 is 55.3 Å². The number of carbonyl (C=O) groups is 3. The number of carbonyl (C=O) groups excluding carboxylic acids is 3. The van der Waals surface area contributed by atoms with Crippen LogP contribution in [0.2, 0.25) is 0 Å². The normalized spacial score (nSPS) is 11.4. The number of nitro groups is 1. The fourth-order valence-electron chi connectivity index (χ4n) is 2.85. The summed E-state index contributed by atoms with van der Waals surface area (Å²) in [5.41, 5.74) is -1.96. The second-order valence-corrected chi connectivity index (χ2v) is 10.2. The van der Waals surface area contributed by atoms with E-state index in [1.807, 2.05) is 22.6 Å². The van der Waals surface area contributed by atoms with Gasteiger partial charge < -0.3 is 14.2 Å². The monoisotopic (exact) mass is 677 g/mol. The van der Waals surface area contributed by atoms with E-state index in [-0.39, 0.29) is 16.9 Å². The number of hydrogen-bond donors (Lipinski definition) is 1. The van der Waals surface area contributed by atoms with Crippen molar-refractivity contribution in [2.45, 2.75) is 5.25 Å². The molecule has 0 bridgehead atoms. The van der Waals surface area contributed by atoms with Crippen LogP contribution >= 0.6 is 22.6 Å². The second kappa shape index (κ2) is 11.8. The van der Waals surface area contributed by atoms with E-state index in [4.69, 9.17) is 14.0 Å². The molecule has 204 valence electrons. The van der Waals surface area contributed by atoms with Gasteiger partial charge in [0, 0.05) is 15.7 Å². The van der Waals surface area contributed by atoms with E-state index < -0.39 is 61.8 Å². The topological polar surface area (TPSA) is 176 Å². The summed E-state index contributed by atoms with van der Waals surface area (Å²) in [6, 6.07) is 14.2. The lowest BCUT2D eigenvalue weighted by Crippen LogP contribution is -2.34. The minimum atomic E-state index is -5.95. The Morgan fingerprint density at radius 2 is 1.59 bits per heavy atom. The van der Waals surface area contributed by atoms with Crippen LogP contribution < -0.4 is 9.47 Å². The predicted molar refractivity (Wildman–Crippen MR) is 135 cm³/mol. The van der Waals surface area contributed by atoms with Crippen LogP contribution in [-0.4, -0.2) is 47.7 Å². The highest BCUT2D eigenvalue weighted by atomic mass is 127. The predicted octanol–water partition coefficient (Wildman–Crippen LogP) is 4.28. The average molecular weight is 677 g/mol. The molecule has 0 aromatic heterocycles. The lowest BCUT2D eigenvalue weighted by atomic mass is 10.1. The fourth-order valence-corrected chi connectivity index (χ4v) is 3.52. The number of alkyl halides is 2. The SMILES string of the molecule is O=C(Oc1cc(I)ccc1C(=O)Oc1ccc([N+](=O)[O-])c(C(=O)OCC(F)(F)S(=O)(=O)O)c1)c1ccccc1. The molecular formula is C23H14F2INO11S. The maximum absolute atomic E-state index is 13.4. The van der Waals surface area contributed by atoms with Crippen LogP contribution in [0.4, 0.5) is 14.5 Å². The van der Waals surface area contributed by atoms with Gasteiger partial charge in [-0.2, -0.15) is 17.2 Å². The molecule has 39 heavy (non-hydrogen) atoms. The zero-order chi connectivity index (χ0) is 29.0. The van der Waals surface area contributed by atoms with Gasteiger partial charge in [-0.3, -0.25) is 14.7 Å². The van der Waals surface area contributed by atoms with Gasteiger partial charge >= 0.3 is 33.3 Å². The number of nitro benzene ring substituents is 1. The molecule has 0 atom stereocenters. The number of halogens is 3. The van der Waals surface area contributed by atoms with Crippen molar-refractivity contribution in [1.82, 2.24) is 0 Å². The summed E-state index contributed by atoms with van der Waals surface area (Å²) >= 11 is 1.90.